The zero-order valence-electron chi connectivity index (χ0n) is 22.8. The van der Waals surface area contributed by atoms with Gasteiger partial charge in [-0.2, -0.15) is 0 Å². The number of hydrogen-bond acceptors (Lipinski definition) is 1. The molecule has 0 fully saturated rings. The fourth-order valence-corrected chi connectivity index (χ4v) is 6.72. The van der Waals surface area contributed by atoms with E-state index in [0.29, 0.717) is 0 Å². The Labute approximate surface area is 242 Å². The Hall–Kier alpha value is -5.67. The van der Waals surface area contributed by atoms with Gasteiger partial charge in [-0.25, -0.2) is 4.98 Å². The smallest absolute Gasteiger partial charge is 0.145 e. The second-order valence-corrected chi connectivity index (χ2v) is 10.8. The van der Waals surface area contributed by atoms with Gasteiger partial charge in [-0.3, -0.25) is 4.40 Å². The van der Waals surface area contributed by atoms with Crippen LogP contribution in [0.15, 0.2) is 152 Å². The molecule has 0 aliphatic carbocycles. The van der Waals surface area contributed by atoms with Gasteiger partial charge >= 0.3 is 0 Å². The van der Waals surface area contributed by atoms with E-state index in [1.165, 1.54) is 38.0 Å². The molecule has 0 atom stereocenters. The molecule has 196 valence electrons. The van der Waals surface area contributed by atoms with Crippen LogP contribution in [0, 0.1) is 0 Å². The minimum absolute atomic E-state index is 0.942. The van der Waals surface area contributed by atoms with Crippen LogP contribution < -0.4 is 0 Å². The van der Waals surface area contributed by atoms with Crippen LogP contribution in [0.25, 0.3) is 77.3 Å². The zero-order chi connectivity index (χ0) is 27.6. The SMILES string of the molecule is c1ccc(-c2nc(-c3ccccc3)n3c2c2ccccc2c2ccc4c5ccccc5n(-c5ccccc5)c4c23)cc1. The van der Waals surface area contributed by atoms with Gasteiger partial charge in [0.15, 0.2) is 0 Å². The number of rotatable bonds is 3. The molecule has 42 heavy (non-hydrogen) atoms. The minimum atomic E-state index is 0.942. The largest absolute Gasteiger partial charge is 0.307 e. The van der Waals surface area contributed by atoms with Gasteiger partial charge in [0.1, 0.15) is 5.82 Å². The topological polar surface area (TPSA) is 22.2 Å². The second-order valence-electron chi connectivity index (χ2n) is 10.8. The van der Waals surface area contributed by atoms with E-state index in [0.717, 1.165) is 39.4 Å². The van der Waals surface area contributed by atoms with Crippen LogP contribution in [0.3, 0.4) is 0 Å². The number of benzene rings is 6. The third-order valence-corrected chi connectivity index (χ3v) is 8.48. The molecule has 0 bridgehead atoms. The molecule has 0 saturated carbocycles. The van der Waals surface area contributed by atoms with E-state index in [1.807, 2.05) is 0 Å². The third kappa shape index (κ3) is 3.19. The Morgan fingerprint density at radius 3 is 1.62 bits per heavy atom. The molecular formula is C39H25N3. The second kappa shape index (κ2) is 8.92. The van der Waals surface area contributed by atoms with Crippen molar-refractivity contribution in [2.75, 3.05) is 0 Å². The summed E-state index contributed by atoms with van der Waals surface area (Å²) in [6.45, 7) is 0. The van der Waals surface area contributed by atoms with E-state index < -0.39 is 0 Å². The average Bonchev–Trinajstić information content (AvgIpc) is 3.63. The maximum atomic E-state index is 5.45. The first-order valence-electron chi connectivity index (χ1n) is 14.3. The Balaban J connectivity index is 1.62. The molecule has 9 rings (SSSR count). The van der Waals surface area contributed by atoms with Gasteiger partial charge in [0.05, 0.1) is 27.8 Å². The van der Waals surface area contributed by atoms with Crippen LogP contribution in [0.4, 0.5) is 0 Å². The lowest BCUT2D eigenvalue weighted by Gasteiger charge is -2.15. The molecule has 0 unspecified atom stereocenters. The lowest BCUT2D eigenvalue weighted by molar-refractivity contribution is 1.17. The van der Waals surface area contributed by atoms with Crippen molar-refractivity contribution in [2.24, 2.45) is 0 Å². The van der Waals surface area contributed by atoms with Crippen LogP contribution in [0.1, 0.15) is 0 Å². The molecule has 0 N–H and O–H groups in total. The highest BCUT2D eigenvalue weighted by atomic mass is 15.1. The van der Waals surface area contributed by atoms with Gasteiger partial charge in [0.25, 0.3) is 0 Å². The summed E-state index contributed by atoms with van der Waals surface area (Å²) >= 11 is 0. The number of para-hydroxylation sites is 2. The first-order valence-corrected chi connectivity index (χ1v) is 14.3. The standard InChI is InChI=1S/C39H25N3/c1-4-14-26(15-5-1)35-36-31-22-11-10-20-29(31)32-24-25-33-30-21-12-13-23-34(30)41(28-18-8-3-9-19-28)37(33)38(32)42(36)39(40-35)27-16-6-2-7-17-27/h1-25H. The maximum Gasteiger partial charge on any atom is 0.145 e. The highest BCUT2D eigenvalue weighted by molar-refractivity contribution is 6.25. The number of aromatic nitrogens is 3. The Morgan fingerprint density at radius 1 is 0.381 bits per heavy atom. The molecule has 3 heterocycles. The van der Waals surface area contributed by atoms with Crippen LogP contribution in [0.5, 0.6) is 0 Å². The van der Waals surface area contributed by atoms with Crippen LogP contribution in [-0.2, 0) is 0 Å². The van der Waals surface area contributed by atoms with E-state index in [9.17, 15) is 0 Å². The number of fused-ring (bicyclic) bond motifs is 10. The van der Waals surface area contributed by atoms with Crippen molar-refractivity contribution in [1.29, 1.82) is 0 Å². The molecule has 3 heteroatoms. The first-order chi connectivity index (χ1) is 20.9. The lowest BCUT2D eigenvalue weighted by Crippen LogP contribution is -1.99. The van der Waals surface area contributed by atoms with Gasteiger partial charge in [-0.1, -0.05) is 133 Å². The quantitative estimate of drug-likeness (QED) is 0.206. The van der Waals surface area contributed by atoms with Crippen LogP contribution >= 0.6 is 0 Å². The van der Waals surface area contributed by atoms with Gasteiger partial charge in [0, 0.05) is 38.4 Å². The van der Waals surface area contributed by atoms with Crippen molar-refractivity contribution in [2.45, 2.75) is 0 Å². The van der Waals surface area contributed by atoms with Gasteiger partial charge in [0.2, 0.25) is 0 Å². The zero-order valence-corrected chi connectivity index (χ0v) is 22.8. The van der Waals surface area contributed by atoms with Gasteiger partial charge in [-0.05, 0) is 23.6 Å². The van der Waals surface area contributed by atoms with Gasteiger partial charge < -0.3 is 4.57 Å². The van der Waals surface area contributed by atoms with Crippen LogP contribution in [0.2, 0.25) is 0 Å². The summed E-state index contributed by atoms with van der Waals surface area (Å²) in [4.78, 5) is 5.45. The van der Waals surface area contributed by atoms with E-state index in [4.69, 9.17) is 4.98 Å². The number of hydrogen-bond donors (Lipinski definition) is 0. The summed E-state index contributed by atoms with van der Waals surface area (Å²) in [5.41, 5.74) is 8.99. The average molecular weight is 536 g/mol. The van der Waals surface area contributed by atoms with E-state index >= 15 is 0 Å². The molecule has 0 amide bonds. The Morgan fingerprint density at radius 2 is 0.905 bits per heavy atom. The first kappa shape index (κ1) is 23.1. The molecule has 0 radical (unpaired) electrons. The van der Waals surface area contributed by atoms with E-state index in [1.54, 1.807) is 0 Å². The summed E-state index contributed by atoms with van der Waals surface area (Å²) in [5, 5.41) is 6.10. The van der Waals surface area contributed by atoms with Crippen molar-refractivity contribution in [1.82, 2.24) is 14.0 Å². The van der Waals surface area contributed by atoms with E-state index in [-0.39, 0.29) is 0 Å². The summed E-state index contributed by atoms with van der Waals surface area (Å²) in [6.07, 6.45) is 0. The molecule has 0 aliphatic rings. The van der Waals surface area contributed by atoms with Crippen molar-refractivity contribution < 1.29 is 0 Å². The summed E-state index contributed by atoms with van der Waals surface area (Å²) < 4.78 is 4.86. The molecular weight excluding hydrogens is 510 g/mol. The fourth-order valence-electron chi connectivity index (χ4n) is 6.72. The molecule has 3 nitrogen and oxygen atoms in total. The molecule has 9 aromatic rings. The molecule has 0 aliphatic heterocycles. The highest BCUT2D eigenvalue weighted by Crippen LogP contribution is 2.43. The monoisotopic (exact) mass is 535 g/mol. The highest BCUT2D eigenvalue weighted by Gasteiger charge is 2.24. The summed E-state index contributed by atoms with van der Waals surface area (Å²) in [6, 6.07) is 54.0. The van der Waals surface area contributed by atoms with Gasteiger partial charge in [-0.15, -0.1) is 0 Å². The third-order valence-electron chi connectivity index (χ3n) is 8.48. The van der Waals surface area contributed by atoms with Crippen molar-refractivity contribution in [3.63, 3.8) is 0 Å². The summed E-state index contributed by atoms with van der Waals surface area (Å²) in [5.74, 6) is 0.942. The Bertz CT molecular complexity index is 2430. The fraction of sp³-hybridized carbons (Fsp3) is 0. The minimum Gasteiger partial charge on any atom is -0.307 e. The molecule has 3 aromatic heterocycles. The predicted octanol–water partition coefficient (Wildman–Crippen LogP) is 10.1. The summed E-state index contributed by atoms with van der Waals surface area (Å²) in [7, 11) is 0. The molecule has 6 aromatic carbocycles. The van der Waals surface area contributed by atoms with Crippen LogP contribution in [-0.4, -0.2) is 14.0 Å². The van der Waals surface area contributed by atoms with Crippen molar-refractivity contribution in [3.8, 4) is 28.3 Å². The normalized spacial score (nSPS) is 11.8. The van der Waals surface area contributed by atoms with Crippen molar-refractivity contribution in [3.05, 3.63) is 152 Å². The Kier molecular flexibility index (Phi) is 4.90. The maximum absolute atomic E-state index is 5.45. The number of pyridine rings is 1. The van der Waals surface area contributed by atoms with E-state index in [2.05, 4.69) is 161 Å². The number of imidazole rings is 1. The molecule has 0 spiro atoms. The lowest BCUT2D eigenvalue weighted by atomic mass is 10.0. The molecule has 0 saturated heterocycles. The van der Waals surface area contributed by atoms with Crippen molar-refractivity contribution >= 4 is 49.0 Å². The number of nitrogens with zero attached hydrogens (tertiary/aromatic N) is 3. The predicted molar refractivity (Wildman–Crippen MR) is 175 cm³/mol.